The van der Waals surface area contributed by atoms with Gasteiger partial charge in [0.2, 0.25) is 5.88 Å². The summed E-state index contributed by atoms with van der Waals surface area (Å²) < 4.78 is 7.46. The topological polar surface area (TPSA) is 50.6 Å². The molecule has 2 aliphatic heterocycles. The summed E-state index contributed by atoms with van der Waals surface area (Å²) in [7, 11) is 0. The van der Waals surface area contributed by atoms with Crippen LogP contribution >= 0.6 is 0 Å². The molecule has 132 valence electrons. The molecule has 1 aromatic heterocycles. The number of carbonyl (C=O) groups is 1. The van der Waals surface area contributed by atoms with Crippen LogP contribution in [0, 0.1) is 0 Å². The molecule has 6 heteroatoms. The molecule has 3 heterocycles. The Morgan fingerprint density at radius 2 is 1.88 bits per heavy atom. The first-order valence-electron chi connectivity index (χ1n) is 9.05. The van der Waals surface area contributed by atoms with Crippen molar-refractivity contribution in [3.8, 4) is 5.88 Å². The highest BCUT2D eigenvalue weighted by Gasteiger charge is 2.27. The lowest BCUT2D eigenvalue weighted by Crippen LogP contribution is -2.49. The second-order valence-corrected chi connectivity index (χ2v) is 6.66. The van der Waals surface area contributed by atoms with Gasteiger partial charge in [0.05, 0.1) is 12.8 Å². The number of piperazine rings is 1. The first kappa shape index (κ1) is 16.1. The third kappa shape index (κ3) is 3.54. The number of rotatable bonds is 4. The fraction of sp³-hybridized carbons (Fsp3) is 0.474. The van der Waals surface area contributed by atoms with Crippen LogP contribution in [-0.4, -0.2) is 64.8 Å². The molecule has 1 aromatic carbocycles. The van der Waals surface area contributed by atoms with Crippen LogP contribution in [0.5, 0.6) is 5.88 Å². The maximum Gasteiger partial charge on any atom is 0.261 e. The molecule has 0 radical (unpaired) electrons. The fourth-order valence-electron chi connectivity index (χ4n) is 3.49. The number of aromatic nitrogens is 2. The van der Waals surface area contributed by atoms with Crippen molar-refractivity contribution in [1.29, 1.82) is 0 Å². The number of hydrogen-bond acceptors (Lipinski definition) is 4. The van der Waals surface area contributed by atoms with Gasteiger partial charge in [-0.3, -0.25) is 9.69 Å². The maximum absolute atomic E-state index is 12.8. The van der Waals surface area contributed by atoms with E-state index in [0.29, 0.717) is 18.1 Å². The van der Waals surface area contributed by atoms with Crippen molar-refractivity contribution in [3.63, 3.8) is 0 Å². The summed E-state index contributed by atoms with van der Waals surface area (Å²) in [5, 5.41) is 4.28. The summed E-state index contributed by atoms with van der Waals surface area (Å²) in [6, 6.07) is 10.6. The minimum Gasteiger partial charge on any atom is -0.477 e. The van der Waals surface area contributed by atoms with Gasteiger partial charge in [-0.15, -0.1) is 0 Å². The lowest BCUT2D eigenvalue weighted by molar-refractivity contribution is 0.0632. The Hall–Kier alpha value is -2.34. The largest absolute Gasteiger partial charge is 0.477 e. The molecule has 0 saturated carbocycles. The minimum atomic E-state index is 0.0471. The van der Waals surface area contributed by atoms with E-state index in [0.717, 1.165) is 52.1 Å². The monoisotopic (exact) mass is 340 g/mol. The first-order chi connectivity index (χ1) is 12.3. The molecule has 0 spiro atoms. The van der Waals surface area contributed by atoms with Gasteiger partial charge in [-0.1, -0.05) is 30.3 Å². The molecule has 0 atom stereocenters. The van der Waals surface area contributed by atoms with Crippen molar-refractivity contribution in [2.75, 3.05) is 39.3 Å². The van der Waals surface area contributed by atoms with Crippen molar-refractivity contribution < 1.29 is 9.53 Å². The fourth-order valence-corrected chi connectivity index (χ4v) is 3.49. The third-order valence-corrected chi connectivity index (χ3v) is 4.99. The summed E-state index contributed by atoms with van der Waals surface area (Å²) >= 11 is 0. The molecular formula is C19H24N4O2. The van der Waals surface area contributed by atoms with E-state index in [2.05, 4.69) is 34.3 Å². The lowest BCUT2D eigenvalue weighted by Gasteiger charge is -2.34. The van der Waals surface area contributed by atoms with Crippen LogP contribution in [0.1, 0.15) is 22.3 Å². The zero-order valence-corrected chi connectivity index (χ0v) is 14.4. The van der Waals surface area contributed by atoms with E-state index in [4.69, 9.17) is 4.74 Å². The number of aryl methyl sites for hydroxylation is 1. The van der Waals surface area contributed by atoms with Crippen molar-refractivity contribution in [2.24, 2.45) is 0 Å². The highest BCUT2D eigenvalue weighted by atomic mass is 16.5. The number of amides is 1. The smallest absolute Gasteiger partial charge is 0.261 e. The summed E-state index contributed by atoms with van der Waals surface area (Å²) in [6.07, 6.45) is 3.66. The number of carbonyl (C=O) groups excluding carboxylic acids is 1. The minimum absolute atomic E-state index is 0.0471. The molecule has 0 aliphatic carbocycles. The number of ether oxygens (including phenoxy) is 1. The molecule has 1 saturated heterocycles. The first-order valence-corrected chi connectivity index (χ1v) is 9.05. The maximum atomic E-state index is 12.8. The molecule has 0 unspecified atom stereocenters. The molecule has 2 aliphatic rings. The summed E-state index contributed by atoms with van der Waals surface area (Å²) in [6.45, 7) is 5.90. The van der Waals surface area contributed by atoms with Crippen LogP contribution < -0.4 is 4.74 Å². The number of nitrogens with zero attached hydrogens (tertiary/aromatic N) is 4. The van der Waals surface area contributed by atoms with E-state index in [1.54, 1.807) is 10.9 Å². The normalized spacial score (nSPS) is 17.8. The van der Waals surface area contributed by atoms with Crippen LogP contribution in [0.2, 0.25) is 0 Å². The molecule has 0 bridgehead atoms. The Bertz CT molecular complexity index is 720. The molecule has 25 heavy (non-hydrogen) atoms. The van der Waals surface area contributed by atoms with E-state index in [1.807, 2.05) is 11.0 Å². The van der Waals surface area contributed by atoms with Crippen molar-refractivity contribution in [3.05, 3.63) is 47.7 Å². The molecule has 4 rings (SSSR count). The van der Waals surface area contributed by atoms with Gasteiger partial charge in [0.1, 0.15) is 5.56 Å². The Morgan fingerprint density at radius 3 is 2.68 bits per heavy atom. The van der Waals surface area contributed by atoms with Crippen LogP contribution in [0.15, 0.2) is 36.5 Å². The second-order valence-electron chi connectivity index (χ2n) is 6.66. The van der Waals surface area contributed by atoms with Gasteiger partial charge in [0.15, 0.2) is 0 Å². The van der Waals surface area contributed by atoms with Crippen LogP contribution in [0.4, 0.5) is 0 Å². The Morgan fingerprint density at radius 1 is 1.08 bits per heavy atom. The van der Waals surface area contributed by atoms with Gasteiger partial charge in [0, 0.05) is 45.7 Å². The van der Waals surface area contributed by atoms with E-state index in [9.17, 15) is 4.79 Å². The van der Waals surface area contributed by atoms with Gasteiger partial charge in [-0.2, -0.15) is 5.10 Å². The van der Waals surface area contributed by atoms with E-state index in [1.165, 1.54) is 5.56 Å². The van der Waals surface area contributed by atoms with E-state index in [-0.39, 0.29) is 5.91 Å². The van der Waals surface area contributed by atoms with E-state index >= 15 is 0 Å². The van der Waals surface area contributed by atoms with E-state index < -0.39 is 0 Å². The van der Waals surface area contributed by atoms with Crippen LogP contribution in [0.25, 0.3) is 0 Å². The highest BCUT2D eigenvalue weighted by Crippen LogP contribution is 2.24. The Labute approximate surface area is 148 Å². The van der Waals surface area contributed by atoms with Gasteiger partial charge < -0.3 is 9.64 Å². The SMILES string of the molecule is O=C(c1cnn2c1OCCC2)N1CCN(CCc2ccccc2)CC1. The molecule has 1 amide bonds. The zero-order valence-electron chi connectivity index (χ0n) is 14.4. The van der Waals surface area contributed by atoms with Gasteiger partial charge >= 0.3 is 0 Å². The average molecular weight is 340 g/mol. The van der Waals surface area contributed by atoms with Crippen LogP contribution in [0.3, 0.4) is 0 Å². The summed E-state index contributed by atoms with van der Waals surface area (Å²) in [5.41, 5.74) is 1.97. The molecule has 0 N–H and O–H groups in total. The molecule has 2 aromatic rings. The average Bonchev–Trinajstić information content (AvgIpc) is 3.11. The Kier molecular flexibility index (Phi) is 4.70. The molecule has 1 fully saturated rings. The number of hydrogen-bond donors (Lipinski definition) is 0. The molecule has 6 nitrogen and oxygen atoms in total. The predicted octanol–water partition coefficient (Wildman–Crippen LogP) is 1.67. The number of fused-ring (bicyclic) bond motifs is 1. The standard InChI is InChI=1S/C19H24N4O2/c24-18(17-15-20-23-8-4-14-25-19(17)23)22-12-10-21(11-13-22)9-7-16-5-2-1-3-6-16/h1-3,5-6,15H,4,7-14H2. The van der Waals surface area contributed by atoms with Crippen molar-refractivity contribution in [2.45, 2.75) is 19.4 Å². The van der Waals surface area contributed by atoms with Crippen LogP contribution in [-0.2, 0) is 13.0 Å². The lowest BCUT2D eigenvalue weighted by atomic mass is 10.1. The third-order valence-electron chi connectivity index (χ3n) is 4.99. The van der Waals surface area contributed by atoms with Gasteiger partial charge in [-0.05, 0) is 12.0 Å². The van der Waals surface area contributed by atoms with Crippen molar-refractivity contribution in [1.82, 2.24) is 19.6 Å². The zero-order chi connectivity index (χ0) is 17.1. The van der Waals surface area contributed by atoms with Crippen molar-refractivity contribution >= 4 is 5.91 Å². The summed E-state index contributed by atoms with van der Waals surface area (Å²) in [4.78, 5) is 17.1. The van der Waals surface area contributed by atoms with Gasteiger partial charge in [-0.25, -0.2) is 4.68 Å². The molecular weight excluding hydrogens is 316 g/mol. The highest BCUT2D eigenvalue weighted by molar-refractivity contribution is 5.96. The van der Waals surface area contributed by atoms with Gasteiger partial charge in [0.25, 0.3) is 5.91 Å². The quantitative estimate of drug-likeness (QED) is 0.849. The number of benzene rings is 1. The Balaban J connectivity index is 1.31. The second kappa shape index (κ2) is 7.27. The summed E-state index contributed by atoms with van der Waals surface area (Å²) in [5.74, 6) is 0.689. The predicted molar refractivity (Wildman–Crippen MR) is 94.8 cm³/mol.